The zero-order valence-corrected chi connectivity index (χ0v) is 12.5. The average molecular weight is 299 g/mol. The molecule has 22 heavy (non-hydrogen) atoms. The number of fused-ring (bicyclic) bond motifs is 1. The number of benzene rings is 1. The minimum absolute atomic E-state index is 0.0587. The Hall–Kier alpha value is -2.14. The van der Waals surface area contributed by atoms with Crippen molar-refractivity contribution in [2.75, 3.05) is 18.6 Å². The largest absolute Gasteiger partial charge is 0.469 e. The maximum Gasteiger partial charge on any atom is 0.312 e. The number of carbonyl (C=O) groups is 2. The Balaban J connectivity index is 1.75. The third-order valence-corrected chi connectivity index (χ3v) is 4.98. The van der Waals surface area contributed by atoms with Crippen LogP contribution in [0.4, 0.5) is 5.69 Å². The van der Waals surface area contributed by atoms with E-state index in [4.69, 9.17) is 9.47 Å². The first-order valence-electron chi connectivity index (χ1n) is 7.39. The fourth-order valence-corrected chi connectivity index (χ4v) is 3.97. The van der Waals surface area contributed by atoms with Crippen molar-refractivity contribution in [3.63, 3.8) is 0 Å². The SMILES string of the molecule is COC(=O)[C@H]1[C@@H]2C=C[C@@]3(CN(c4ccccc4C)C(=O)[C@H]13)O2. The van der Waals surface area contributed by atoms with E-state index in [-0.39, 0.29) is 18.0 Å². The molecule has 0 radical (unpaired) electrons. The van der Waals surface area contributed by atoms with E-state index in [1.165, 1.54) is 7.11 Å². The van der Waals surface area contributed by atoms with Gasteiger partial charge in [-0.2, -0.15) is 0 Å². The molecule has 0 aromatic heterocycles. The summed E-state index contributed by atoms with van der Waals surface area (Å²) < 4.78 is 10.9. The van der Waals surface area contributed by atoms with Gasteiger partial charge in [-0.3, -0.25) is 9.59 Å². The number of methoxy groups -OCH3 is 1. The molecule has 2 fully saturated rings. The van der Waals surface area contributed by atoms with Crippen LogP contribution in [0.5, 0.6) is 0 Å². The molecule has 3 aliphatic heterocycles. The summed E-state index contributed by atoms with van der Waals surface area (Å²) in [7, 11) is 1.35. The summed E-state index contributed by atoms with van der Waals surface area (Å²) >= 11 is 0. The number of nitrogens with zero attached hydrogens (tertiary/aromatic N) is 1. The van der Waals surface area contributed by atoms with Gasteiger partial charge in [-0.15, -0.1) is 0 Å². The van der Waals surface area contributed by atoms with E-state index in [2.05, 4.69) is 0 Å². The van der Waals surface area contributed by atoms with Gasteiger partial charge in [-0.25, -0.2) is 0 Å². The lowest BCUT2D eigenvalue weighted by molar-refractivity contribution is -0.149. The predicted octanol–water partition coefficient (Wildman–Crippen LogP) is 1.45. The minimum Gasteiger partial charge on any atom is -0.469 e. The number of hydrogen-bond donors (Lipinski definition) is 0. The van der Waals surface area contributed by atoms with Gasteiger partial charge in [0.1, 0.15) is 11.5 Å². The first-order valence-corrected chi connectivity index (χ1v) is 7.39. The van der Waals surface area contributed by atoms with Gasteiger partial charge in [-0.05, 0) is 18.6 Å². The van der Waals surface area contributed by atoms with Gasteiger partial charge in [0.05, 0.1) is 25.7 Å². The van der Waals surface area contributed by atoms with Crippen LogP contribution >= 0.6 is 0 Å². The molecule has 1 aromatic rings. The number of esters is 1. The van der Waals surface area contributed by atoms with Gasteiger partial charge < -0.3 is 14.4 Å². The van der Waals surface area contributed by atoms with E-state index in [9.17, 15) is 9.59 Å². The monoisotopic (exact) mass is 299 g/mol. The molecule has 3 aliphatic rings. The van der Waals surface area contributed by atoms with Crippen molar-refractivity contribution in [1.29, 1.82) is 0 Å². The zero-order valence-electron chi connectivity index (χ0n) is 12.5. The first-order chi connectivity index (χ1) is 10.6. The number of anilines is 1. The molecule has 114 valence electrons. The number of hydrogen-bond acceptors (Lipinski definition) is 4. The quantitative estimate of drug-likeness (QED) is 0.613. The highest BCUT2D eigenvalue weighted by Gasteiger charge is 2.67. The van der Waals surface area contributed by atoms with Gasteiger partial charge in [0.2, 0.25) is 5.91 Å². The van der Waals surface area contributed by atoms with Gasteiger partial charge in [0.15, 0.2) is 0 Å². The van der Waals surface area contributed by atoms with Gasteiger partial charge in [0.25, 0.3) is 0 Å². The molecule has 1 aromatic carbocycles. The van der Waals surface area contributed by atoms with Crippen LogP contribution in [0.15, 0.2) is 36.4 Å². The van der Waals surface area contributed by atoms with E-state index in [0.29, 0.717) is 6.54 Å². The molecule has 0 unspecified atom stereocenters. The van der Waals surface area contributed by atoms with E-state index in [0.717, 1.165) is 11.3 Å². The van der Waals surface area contributed by atoms with Crippen molar-refractivity contribution in [3.05, 3.63) is 42.0 Å². The number of amides is 1. The first kappa shape index (κ1) is 13.5. The number of carbonyl (C=O) groups excluding carboxylic acids is 2. The van der Waals surface area contributed by atoms with Crippen LogP contribution in [0.25, 0.3) is 0 Å². The Kier molecular flexibility index (Phi) is 2.72. The highest BCUT2D eigenvalue weighted by Crippen LogP contribution is 2.53. The highest BCUT2D eigenvalue weighted by molar-refractivity contribution is 6.03. The molecule has 2 saturated heterocycles. The molecule has 2 bridgehead atoms. The van der Waals surface area contributed by atoms with Crippen molar-refractivity contribution < 1.29 is 19.1 Å². The van der Waals surface area contributed by atoms with Crippen molar-refractivity contribution in [2.45, 2.75) is 18.6 Å². The summed E-state index contributed by atoms with van der Waals surface area (Å²) in [5.74, 6) is -1.47. The molecule has 4 rings (SSSR count). The van der Waals surface area contributed by atoms with Crippen LogP contribution in [0.1, 0.15) is 5.56 Å². The molecule has 5 heteroatoms. The molecular formula is C17H17NO4. The second-order valence-electron chi connectivity index (χ2n) is 6.13. The normalized spacial score (nSPS) is 35.1. The van der Waals surface area contributed by atoms with Crippen LogP contribution in [0.2, 0.25) is 0 Å². The lowest BCUT2D eigenvalue weighted by atomic mass is 9.77. The topological polar surface area (TPSA) is 55.8 Å². The average Bonchev–Trinajstić information content (AvgIpc) is 3.15. The number of ether oxygens (including phenoxy) is 2. The second-order valence-corrected chi connectivity index (χ2v) is 6.13. The fraction of sp³-hybridized carbons (Fsp3) is 0.412. The Morgan fingerprint density at radius 3 is 2.91 bits per heavy atom. The molecule has 1 amide bonds. The maximum atomic E-state index is 13.0. The summed E-state index contributed by atoms with van der Waals surface area (Å²) in [6.45, 7) is 2.42. The molecule has 0 aliphatic carbocycles. The molecule has 4 atom stereocenters. The van der Waals surface area contributed by atoms with Crippen LogP contribution in [0.3, 0.4) is 0 Å². The Labute approximate surface area is 128 Å². The van der Waals surface area contributed by atoms with Crippen LogP contribution in [-0.4, -0.2) is 37.2 Å². The molecule has 0 N–H and O–H groups in total. The Morgan fingerprint density at radius 2 is 2.18 bits per heavy atom. The Bertz CT molecular complexity index is 698. The van der Waals surface area contributed by atoms with E-state index < -0.39 is 17.4 Å². The molecule has 0 saturated carbocycles. The number of aryl methyl sites for hydroxylation is 1. The number of rotatable bonds is 2. The van der Waals surface area contributed by atoms with Gasteiger partial charge >= 0.3 is 5.97 Å². The zero-order chi connectivity index (χ0) is 15.5. The molecular weight excluding hydrogens is 282 g/mol. The number of para-hydroxylation sites is 1. The van der Waals surface area contributed by atoms with Crippen LogP contribution in [0, 0.1) is 18.8 Å². The second kappa shape index (κ2) is 4.43. The Morgan fingerprint density at radius 1 is 1.41 bits per heavy atom. The van der Waals surface area contributed by atoms with Crippen molar-refractivity contribution in [3.8, 4) is 0 Å². The summed E-state index contributed by atoms with van der Waals surface area (Å²) in [6, 6.07) is 7.75. The third kappa shape index (κ3) is 1.57. The lowest BCUT2D eigenvalue weighted by Gasteiger charge is -2.22. The van der Waals surface area contributed by atoms with Crippen LogP contribution in [-0.2, 0) is 19.1 Å². The van der Waals surface area contributed by atoms with Crippen molar-refractivity contribution in [2.24, 2.45) is 11.8 Å². The fourth-order valence-electron chi connectivity index (χ4n) is 3.97. The van der Waals surface area contributed by atoms with Crippen molar-refractivity contribution in [1.82, 2.24) is 0 Å². The van der Waals surface area contributed by atoms with E-state index >= 15 is 0 Å². The van der Waals surface area contributed by atoms with Crippen molar-refractivity contribution >= 4 is 17.6 Å². The minimum atomic E-state index is -0.692. The standard InChI is InChI=1S/C17H17NO4/c1-10-5-3-4-6-11(10)18-9-17-8-7-12(22-17)13(16(20)21-2)14(17)15(18)19/h3-8,12-14H,9H2,1-2H3/t12-,13-,14-,17-/m0/s1. The summed E-state index contributed by atoms with van der Waals surface area (Å²) in [5, 5.41) is 0. The summed E-state index contributed by atoms with van der Waals surface area (Å²) in [5.41, 5.74) is 1.21. The summed E-state index contributed by atoms with van der Waals surface area (Å²) in [6.07, 6.45) is 3.48. The predicted molar refractivity (Wildman–Crippen MR) is 79.3 cm³/mol. The summed E-state index contributed by atoms with van der Waals surface area (Å²) in [4.78, 5) is 26.8. The van der Waals surface area contributed by atoms with Crippen LogP contribution < -0.4 is 4.90 Å². The van der Waals surface area contributed by atoms with E-state index in [1.807, 2.05) is 43.3 Å². The maximum absolute atomic E-state index is 13.0. The molecule has 3 heterocycles. The lowest BCUT2D eigenvalue weighted by Crippen LogP contribution is -2.39. The third-order valence-electron chi connectivity index (χ3n) is 4.98. The van der Waals surface area contributed by atoms with Gasteiger partial charge in [0, 0.05) is 5.69 Å². The van der Waals surface area contributed by atoms with Gasteiger partial charge in [-0.1, -0.05) is 30.4 Å². The highest BCUT2D eigenvalue weighted by atomic mass is 16.5. The molecule has 5 nitrogen and oxygen atoms in total. The molecule has 1 spiro atoms. The van der Waals surface area contributed by atoms with E-state index in [1.54, 1.807) is 4.90 Å². The smallest absolute Gasteiger partial charge is 0.312 e.